The van der Waals surface area contributed by atoms with Gasteiger partial charge in [0.2, 0.25) is 0 Å². The van der Waals surface area contributed by atoms with Crippen molar-refractivity contribution < 1.29 is 9.84 Å². The van der Waals surface area contributed by atoms with Gasteiger partial charge >= 0.3 is 0 Å². The van der Waals surface area contributed by atoms with Crippen molar-refractivity contribution in [2.75, 3.05) is 33.4 Å². The maximum absolute atomic E-state index is 9.27. The molecule has 0 heterocycles. The summed E-state index contributed by atoms with van der Waals surface area (Å²) in [5, 5.41) is 16.0. The van der Waals surface area contributed by atoms with Crippen LogP contribution in [0.15, 0.2) is 23.2 Å². The summed E-state index contributed by atoms with van der Waals surface area (Å²) in [4.78, 5) is 4.73. The van der Waals surface area contributed by atoms with Crippen LogP contribution < -0.4 is 15.4 Å². The summed E-state index contributed by atoms with van der Waals surface area (Å²) >= 11 is 0. The fourth-order valence-electron chi connectivity index (χ4n) is 3.11. The van der Waals surface area contributed by atoms with E-state index in [0.29, 0.717) is 11.8 Å². The molecule has 0 saturated carbocycles. The third-order valence-electron chi connectivity index (χ3n) is 4.32. The molecule has 0 bridgehead atoms. The molecule has 0 aliphatic carbocycles. The summed E-state index contributed by atoms with van der Waals surface area (Å²) in [5.41, 5.74) is 2.44. The molecule has 1 unspecified atom stereocenters. The standard InChI is InChI=1S/C21H37N3O2.HI/c1-6-22-21(24-15-18(10-12-25)13-16(2)3)23-11-9-19-14-17(4)7-8-20(19)26-5;/h7-8,14,16,18,25H,6,9-13,15H2,1-5H3,(H2,22,23,24);1H. The van der Waals surface area contributed by atoms with E-state index in [9.17, 15) is 5.11 Å². The molecule has 0 saturated heterocycles. The van der Waals surface area contributed by atoms with E-state index >= 15 is 0 Å². The first kappa shape index (κ1) is 26.0. The van der Waals surface area contributed by atoms with E-state index in [-0.39, 0.29) is 30.6 Å². The highest BCUT2D eigenvalue weighted by Crippen LogP contribution is 2.19. The molecule has 0 spiro atoms. The zero-order chi connectivity index (χ0) is 19.4. The van der Waals surface area contributed by atoms with Gasteiger partial charge in [0.25, 0.3) is 0 Å². The normalized spacial score (nSPS) is 12.5. The molecule has 0 fully saturated rings. The number of guanidine groups is 1. The maximum Gasteiger partial charge on any atom is 0.191 e. The topological polar surface area (TPSA) is 65.9 Å². The molecule has 1 aromatic carbocycles. The predicted molar refractivity (Wildman–Crippen MR) is 125 cm³/mol. The van der Waals surface area contributed by atoms with E-state index in [0.717, 1.165) is 50.6 Å². The average Bonchev–Trinajstić information content (AvgIpc) is 2.59. The zero-order valence-electron chi connectivity index (χ0n) is 17.5. The van der Waals surface area contributed by atoms with Gasteiger partial charge in [-0.2, -0.15) is 0 Å². The van der Waals surface area contributed by atoms with Crippen LogP contribution in [-0.4, -0.2) is 44.4 Å². The summed E-state index contributed by atoms with van der Waals surface area (Å²) in [5.74, 6) is 2.81. The fraction of sp³-hybridized carbons (Fsp3) is 0.667. The van der Waals surface area contributed by atoms with Crippen LogP contribution in [0.1, 0.15) is 44.7 Å². The largest absolute Gasteiger partial charge is 0.496 e. The number of aliphatic imine (C=N–C) groups is 1. The summed E-state index contributed by atoms with van der Waals surface area (Å²) in [7, 11) is 1.71. The molecule has 1 rings (SSSR count). The second-order valence-electron chi connectivity index (χ2n) is 7.22. The van der Waals surface area contributed by atoms with Gasteiger partial charge in [-0.25, -0.2) is 0 Å². The van der Waals surface area contributed by atoms with Gasteiger partial charge in [0.1, 0.15) is 5.75 Å². The molecule has 0 aromatic heterocycles. The number of methoxy groups -OCH3 is 1. The number of hydrogen-bond acceptors (Lipinski definition) is 3. The lowest BCUT2D eigenvalue weighted by molar-refractivity contribution is 0.245. The first-order chi connectivity index (χ1) is 12.5. The SMILES string of the molecule is CCNC(=NCC(CCO)CC(C)C)NCCc1cc(C)ccc1OC.I. The van der Waals surface area contributed by atoms with Gasteiger partial charge in [-0.15, -0.1) is 24.0 Å². The van der Waals surface area contributed by atoms with Crippen molar-refractivity contribution in [1.82, 2.24) is 10.6 Å². The lowest BCUT2D eigenvalue weighted by Crippen LogP contribution is -2.38. The Morgan fingerprint density at radius 1 is 1.26 bits per heavy atom. The van der Waals surface area contributed by atoms with E-state index in [2.05, 4.69) is 50.5 Å². The number of hydrogen-bond donors (Lipinski definition) is 3. The van der Waals surface area contributed by atoms with E-state index in [1.165, 1.54) is 11.1 Å². The van der Waals surface area contributed by atoms with Crippen LogP contribution in [0.25, 0.3) is 0 Å². The number of nitrogens with zero attached hydrogens (tertiary/aromatic N) is 1. The molecule has 156 valence electrons. The minimum absolute atomic E-state index is 0. The molecule has 5 nitrogen and oxygen atoms in total. The van der Waals surface area contributed by atoms with E-state index < -0.39 is 0 Å². The zero-order valence-corrected chi connectivity index (χ0v) is 19.9. The molecule has 0 amide bonds. The molecular formula is C21H38IN3O2. The molecule has 1 atom stereocenters. The van der Waals surface area contributed by atoms with E-state index in [1.807, 2.05) is 6.07 Å². The number of rotatable bonds is 11. The number of aryl methyl sites for hydroxylation is 1. The van der Waals surface area contributed by atoms with Crippen molar-refractivity contribution in [3.63, 3.8) is 0 Å². The Labute approximate surface area is 182 Å². The summed E-state index contributed by atoms with van der Waals surface area (Å²) in [6.45, 7) is 11.2. The molecule has 3 N–H and O–H groups in total. The van der Waals surface area contributed by atoms with Gasteiger partial charge in [0.15, 0.2) is 5.96 Å². The van der Waals surface area contributed by atoms with Crippen LogP contribution >= 0.6 is 24.0 Å². The lowest BCUT2D eigenvalue weighted by Gasteiger charge is -2.18. The van der Waals surface area contributed by atoms with Gasteiger partial charge in [-0.3, -0.25) is 4.99 Å². The second kappa shape index (κ2) is 15.0. The number of ether oxygens (including phenoxy) is 1. The smallest absolute Gasteiger partial charge is 0.191 e. The van der Waals surface area contributed by atoms with Crippen molar-refractivity contribution in [3.05, 3.63) is 29.3 Å². The molecule has 0 aliphatic heterocycles. The van der Waals surface area contributed by atoms with Gasteiger partial charge in [0.05, 0.1) is 7.11 Å². The highest BCUT2D eigenvalue weighted by molar-refractivity contribution is 14.0. The number of benzene rings is 1. The average molecular weight is 491 g/mol. The number of nitrogens with one attached hydrogen (secondary N) is 2. The van der Waals surface area contributed by atoms with Gasteiger partial charge in [-0.05, 0) is 56.6 Å². The minimum atomic E-state index is 0. The van der Waals surface area contributed by atoms with Gasteiger partial charge in [0, 0.05) is 26.2 Å². The summed E-state index contributed by atoms with van der Waals surface area (Å²) in [6, 6.07) is 6.26. The predicted octanol–water partition coefficient (Wildman–Crippen LogP) is 3.76. The van der Waals surface area contributed by atoms with Crippen molar-refractivity contribution in [2.45, 2.75) is 47.0 Å². The van der Waals surface area contributed by atoms with Crippen LogP contribution in [0.5, 0.6) is 5.75 Å². The number of halogens is 1. The monoisotopic (exact) mass is 491 g/mol. The first-order valence-corrected chi connectivity index (χ1v) is 9.76. The highest BCUT2D eigenvalue weighted by atomic mass is 127. The third kappa shape index (κ3) is 10.8. The molecule has 1 aromatic rings. The molecular weight excluding hydrogens is 453 g/mol. The Bertz CT molecular complexity index is 550. The Morgan fingerprint density at radius 2 is 2.00 bits per heavy atom. The first-order valence-electron chi connectivity index (χ1n) is 9.76. The van der Waals surface area contributed by atoms with Crippen LogP contribution in [-0.2, 0) is 6.42 Å². The van der Waals surface area contributed by atoms with Crippen molar-refractivity contribution >= 4 is 29.9 Å². The Balaban J connectivity index is 0.00000676. The Hall–Kier alpha value is -1.02. The van der Waals surface area contributed by atoms with Crippen LogP contribution in [0, 0.1) is 18.8 Å². The fourth-order valence-corrected chi connectivity index (χ4v) is 3.11. The van der Waals surface area contributed by atoms with Crippen LogP contribution in [0.4, 0.5) is 0 Å². The number of aliphatic hydroxyl groups is 1. The Morgan fingerprint density at radius 3 is 2.59 bits per heavy atom. The minimum Gasteiger partial charge on any atom is -0.496 e. The van der Waals surface area contributed by atoms with Crippen molar-refractivity contribution in [1.29, 1.82) is 0 Å². The summed E-state index contributed by atoms with van der Waals surface area (Å²) < 4.78 is 5.45. The van der Waals surface area contributed by atoms with Gasteiger partial charge in [-0.1, -0.05) is 31.5 Å². The number of aliphatic hydroxyl groups excluding tert-OH is 1. The van der Waals surface area contributed by atoms with Crippen LogP contribution in [0.2, 0.25) is 0 Å². The molecule has 0 radical (unpaired) electrons. The van der Waals surface area contributed by atoms with Crippen molar-refractivity contribution in [2.24, 2.45) is 16.8 Å². The molecule has 0 aliphatic rings. The van der Waals surface area contributed by atoms with E-state index in [4.69, 9.17) is 9.73 Å². The Kier molecular flexibility index (Phi) is 14.4. The van der Waals surface area contributed by atoms with Crippen molar-refractivity contribution in [3.8, 4) is 5.75 Å². The third-order valence-corrected chi connectivity index (χ3v) is 4.32. The highest BCUT2D eigenvalue weighted by Gasteiger charge is 2.11. The summed E-state index contributed by atoms with van der Waals surface area (Å²) in [6.07, 6.45) is 2.77. The molecule has 27 heavy (non-hydrogen) atoms. The second-order valence-corrected chi connectivity index (χ2v) is 7.22. The lowest BCUT2D eigenvalue weighted by atomic mass is 9.94. The van der Waals surface area contributed by atoms with E-state index in [1.54, 1.807) is 7.11 Å². The van der Waals surface area contributed by atoms with Gasteiger partial charge < -0.3 is 20.5 Å². The maximum atomic E-state index is 9.27. The molecule has 6 heteroatoms. The quantitative estimate of drug-likeness (QED) is 0.251. The van der Waals surface area contributed by atoms with Crippen LogP contribution in [0.3, 0.4) is 0 Å².